The van der Waals surface area contributed by atoms with Gasteiger partial charge in [0.2, 0.25) is 0 Å². The van der Waals surface area contributed by atoms with Crippen molar-refractivity contribution in [2.45, 2.75) is 49.8 Å². The average Bonchev–Trinajstić information content (AvgIpc) is 2.88. The molecule has 3 aromatic carbocycles. The van der Waals surface area contributed by atoms with Crippen molar-refractivity contribution in [1.82, 2.24) is 10.6 Å². The molecule has 0 aliphatic carbocycles. The van der Waals surface area contributed by atoms with E-state index < -0.39 is 6.10 Å². The summed E-state index contributed by atoms with van der Waals surface area (Å²) in [5.41, 5.74) is 3.51. The number of nitrogens with one attached hydrogen (secondary N) is 2. The summed E-state index contributed by atoms with van der Waals surface area (Å²) in [6.07, 6.45) is 2.71. The summed E-state index contributed by atoms with van der Waals surface area (Å²) in [5.74, 6) is -0.0822. The van der Waals surface area contributed by atoms with Gasteiger partial charge in [0.05, 0.1) is 12.7 Å². The second-order valence-corrected chi connectivity index (χ2v) is 10.4. The Kier molecular flexibility index (Phi) is 9.96. The summed E-state index contributed by atoms with van der Waals surface area (Å²) >= 11 is 1.71. The molecule has 3 aromatic rings. The standard InChI is InChI=1S/C29H36N2O4S/c1-29(2,31-18-27(34)22-9-12-26(33)24(16-22)19-32)17-21-5-4-6-23(15-21)28(35)30-14-13-20-7-10-25(36-3)11-8-20/h4-12,15-16,27,31-34H,13-14,17-19H2,1-3H3,(H,30,35)/t27-/m0/s1. The molecule has 1 atom stereocenters. The largest absolute Gasteiger partial charge is 0.508 e. The number of aliphatic hydroxyl groups excluding tert-OH is 2. The third-order valence-electron chi connectivity index (χ3n) is 6.13. The number of rotatable bonds is 12. The number of carbonyl (C=O) groups excluding carboxylic acids is 1. The van der Waals surface area contributed by atoms with Gasteiger partial charge < -0.3 is 26.0 Å². The van der Waals surface area contributed by atoms with Crippen LogP contribution in [0, 0.1) is 0 Å². The number of phenols is 1. The molecule has 192 valence electrons. The summed E-state index contributed by atoms with van der Waals surface area (Å²) < 4.78 is 0. The van der Waals surface area contributed by atoms with Crippen LogP contribution in [0.2, 0.25) is 0 Å². The van der Waals surface area contributed by atoms with Crippen molar-refractivity contribution in [3.63, 3.8) is 0 Å². The van der Waals surface area contributed by atoms with Gasteiger partial charge >= 0.3 is 0 Å². The molecule has 0 aliphatic rings. The summed E-state index contributed by atoms with van der Waals surface area (Å²) in [7, 11) is 0. The Bertz CT molecular complexity index is 1150. The van der Waals surface area contributed by atoms with Gasteiger partial charge in [0.25, 0.3) is 5.91 Å². The zero-order valence-electron chi connectivity index (χ0n) is 21.1. The molecule has 36 heavy (non-hydrogen) atoms. The van der Waals surface area contributed by atoms with Crippen molar-refractivity contribution < 1.29 is 20.1 Å². The number of aromatic hydroxyl groups is 1. The van der Waals surface area contributed by atoms with Crippen molar-refractivity contribution in [1.29, 1.82) is 0 Å². The van der Waals surface area contributed by atoms with Gasteiger partial charge in [-0.2, -0.15) is 0 Å². The van der Waals surface area contributed by atoms with E-state index in [1.165, 1.54) is 16.5 Å². The number of hydrogen-bond acceptors (Lipinski definition) is 6. The lowest BCUT2D eigenvalue weighted by Gasteiger charge is -2.28. The fourth-order valence-electron chi connectivity index (χ4n) is 4.04. The molecule has 5 N–H and O–H groups in total. The van der Waals surface area contributed by atoms with E-state index in [4.69, 9.17) is 0 Å². The summed E-state index contributed by atoms with van der Waals surface area (Å²) in [6.45, 7) is 4.68. The van der Waals surface area contributed by atoms with Crippen LogP contribution < -0.4 is 10.6 Å². The fourth-order valence-corrected chi connectivity index (χ4v) is 4.45. The predicted molar refractivity (Wildman–Crippen MR) is 145 cm³/mol. The molecule has 0 heterocycles. The SMILES string of the molecule is CSc1ccc(CCNC(=O)c2cccc(CC(C)(C)NC[C@H](O)c3ccc(O)c(CO)c3)c2)cc1. The van der Waals surface area contributed by atoms with Gasteiger partial charge in [-0.1, -0.05) is 30.3 Å². The Morgan fingerprint density at radius 2 is 1.78 bits per heavy atom. The average molecular weight is 509 g/mol. The molecule has 0 aromatic heterocycles. The number of aliphatic hydroxyl groups is 2. The predicted octanol–water partition coefficient (Wildman–Crippen LogP) is 4.22. The Morgan fingerprint density at radius 1 is 1.03 bits per heavy atom. The lowest BCUT2D eigenvalue weighted by Crippen LogP contribution is -2.43. The highest BCUT2D eigenvalue weighted by atomic mass is 32.2. The van der Waals surface area contributed by atoms with Gasteiger partial charge in [-0.25, -0.2) is 0 Å². The van der Waals surface area contributed by atoms with Crippen LogP contribution in [-0.2, 0) is 19.4 Å². The van der Waals surface area contributed by atoms with Crippen LogP contribution >= 0.6 is 11.8 Å². The van der Waals surface area contributed by atoms with Crippen LogP contribution in [0.5, 0.6) is 5.75 Å². The maximum Gasteiger partial charge on any atom is 0.251 e. The zero-order valence-corrected chi connectivity index (χ0v) is 21.9. The van der Waals surface area contributed by atoms with E-state index >= 15 is 0 Å². The minimum Gasteiger partial charge on any atom is -0.508 e. The van der Waals surface area contributed by atoms with Crippen molar-refractivity contribution >= 4 is 17.7 Å². The third-order valence-corrected chi connectivity index (χ3v) is 6.87. The third kappa shape index (κ3) is 8.10. The quantitative estimate of drug-likeness (QED) is 0.235. The molecule has 6 nitrogen and oxygen atoms in total. The first-order valence-corrected chi connectivity index (χ1v) is 13.3. The van der Waals surface area contributed by atoms with E-state index in [0.717, 1.165) is 12.0 Å². The first-order valence-electron chi connectivity index (χ1n) is 12.1. The molecule has 0 radical (unpaired) electrons. The van der Waals surface area contributed by atoms with E-state index in [1.54, 1.807) is 23.9 Å². The van der Waals surface area contributed by atoms with E-state index in [0.29, 0.717) is 36.2 Å². The Hall–Kier alpha value is -2.84. The fraction of sp³-hybridized carbons (Fsp3) is 0.345. The second-order valence-electron chi connectivity index (χ2n) is 9.56. The molecular weight excluding hydrogens is 472 g/mol. The molecule has 3 rings (SSSR count). The zero-order chi connectivity index (χ0) is 26.1. The van der Waals surface area contributed by atoms with Gasteiger partial charge in [-0.05, 0) is 86.0 Å². The van der Waals surface area contributed by atoms with Crippen LogP contribution in [0.4, 0.5) is 0 Å². The summed E-state index contributed by atoms with van der Waals surface area (Å²) in [6, 6.07) is 20.7. The Labute approximate surface area is 217 Å². The minimum absolute atomic E-state index is 0.00970. The van der Waals surface area contributed by atoms with Crippen LogP contribution in [0.1, 0.15) is 52.6 Å². The Balaban J connectivity index is 1.52. The maximum atomic E-state index is 12.7. The van der Waals surface area contributed by atoms with Gasteiger partial charge in [0.1, 0.15) is 5.75 Å². The molecule has 0 saturated carbocycles. The van der Waals surface area contributed by atoms with Crippen molar-refractivity contribution in [2.75, 3.05) is 19.3 Å². The highest BCUT2D eigenvalue weighted by Crippen LogP contribution is 2.23. The van der Waals surface area contributed by atoms with E-state index in [1.807, 2.05) is 38.1 Å². The number of amides is 1. The maximum absolute atomic E-state index is 12.7. The monoisotopic (exact) mass is 508 g/mol. The van der Waals surface area contributed by atoms with Gasteiger partial charge in [-0.3, -0.25) is 4.79 Å². The van der Waals surface area contributed by atoms with Crippen molar-refractivity contribution in [2.24, 2.45) is 0 Å². The number of thioether (sulfide) groups is 1. The highest BCUT2D eigenvalue weighted by Gasteiger charge is 2.21. The van der Waals surface area contributed by atoms with Crippen molar-refractivity contribution in [3.05, 3.63) is 94.5 Å². The van der Waals surface area contributed by atoms with Crippen LogP contribution in [0.3, 0.4) is 0 Å². The van der Waals surface area contributed by atoms with Gasteiger partial charge in [0, 0.05) is 34.7 Å². The summed E-state index contributed by atoms with van der Waals surface area (Å²) in [4.78, 5) is 13.9. The lowest BCUT2D eigenvalue weighted by atomic mass is 9.93. The minimum atomic E-state index is -0.788. The second kappa shape index (κ2) is 12.9. The van der Waals surface area contributed by atoms with Crippen LogP contribution in [0.25, 0.3) is 0 Å². The molecule has 7 heteroatoms. The van der Waals surface area contributed by atoms with Crippen LogP contribution in [-0.4, -0.2) is 46.1 Å². The van der Waals surface area contributed by atoms with Gasteiger partial charge in [0.15, 0.2) is 0 Å². The number of hydrogen-bond donors (Lipinski definition) is 5. The topological polar surface area (TPSA) is 102 Å². The number of carbonyl (C=O) groups is 1. The van der Waals surface area contributed by atoms with Crippen molar-refractivity contribution in [3.8, 4) is 5.75 Å². The lowest BCUT2D eigenvalue weighted by molar-refractivity contribution is 0.0954. The van der Waals surface area contributed by atoms with E-state index in [2.05, 4.69) is 41.2 Å². The van der Waals surface area contributed by atoms with Crippen LogP contribution in [0.15, 0.2) is 71.6 Å². The van der Waals surface area contributed by atoms with E-state index in [9.17, 15) is 20.1 Å². The molecule has 0 saturated heterocycles. The molecule has 0 spiro atoms. The molecule has 0 aliphatic heterocycles. The number of β-amino-alcohol motifs (C(OH)–C–C–N with tert-alkyl or cyclic N) is 1. The molecule has 0 unspecified atom stereocenters. The summed E-state index contributed by atoms with van der Waals surface area (Å²) in [5, 5.41) is 36.1. The number of benzene rings is 3. The molecule has 1 amide bonds. The molecular formula is C29H36N2O4S. The van der Waals surface area contributed by atoms with E-state index in [-0.39, 0.29) is 23.8 Å². The van der Waals surface area contributed by atoms with Gasteiger partial charge in [-0.15, -0.1) is 11.8 Å². The first kappa shape index (κ1) is 27.7. The normalized spacial score (nSPS) is 12.4. The Morgan fingerprint density at radius 3 is 2.47 bits per heavy atom. The molecule has 0 bridgehead atoms. The first-order chi connectivity index (χ1) is 17.2. The highest BCUT2D eigenvalue weighted by molar-refractivity contribution is 7.98. The smallest absolute Gasteiger partial charge is 0.251 e. The molecule has 0 fully saturated rings.